The number of nitrogens with zero attached hydrogens (tertiary/aromatic N) is 3. The van der Waals surface area contributed by atoms with Crippen molar-refractivity contribution >= 4 is 46.4 Å². The van der Waals surface area contributed by atoms with E-state index in [1.165, 1.54) is 12.3 Å². The summed E-state index contributed by atoms with van der Waals surface area (Å²) in [7, 11) is 0. The van der Waals surface area contributed by atoms with Crippen molar-refractivity contribution < 1.29 is 14.4 Å². The van der Waals surface area contributed by atoms with Crippen LogP contribution in [0.4, 0.5) is 28.8 Å². The van der Waals surface area contributed by atoms with Gasteiger partial charge in [-0.2, -0.15) is 10.2 Å². The Hall–Kier alpha value is -5.04. The number of allylic oxidation sites excluding steroid dienone is 1. The summed E-state index contributed by atoms with van der Waals surface area (Å²) in [6, 6.07) is 15.6. The quantitative estimate of drug-likeness (QED) is 0.264. The molecule has 0 aliphatic carbocycles. The summed E-state index contributed by atoms with van der Waals surface area (Å²) < 4.78 is 0. The average Bonchev–Trinajstić information content (AvgIpc) is 2.91. The van der Waals surface area contributed by atoms with Gasteiger partial charge < -0.3 is 21.3 Å². The fraction of sp³-hybridized carbons (Fsp3) is 0.185. The number of nitrogens with one attached hydrogen (secondary N) is 4. The van der Waals surface area contributed by atoms with Crippen LogP contribution in [-0.4, -0.2) is 34.1 Å². The van der Waals surface area contributed by atoms with Gasteiger partial charge in [0.2, 0.25) is 11.9 Å². The van der Waals surface area contributed by atoms with Gasteiger partial charge in [0.25, 0.3) is 5.91 Å². The lowest BCUT2D eigenvalue weighted by atomic mass is 10.2. The Balaban J connectivity index is 1.72. The molecule has 0 spiro atoms. The summed E-state index contributed by atoms with van der Waals surface area (Å²) in [5.41, 5.74) is 2.43. The maximum Gasteiger partial charge on any atom is 0.260 e. The van der Waals surface area contributed by atoms with Crippen molar-refractivity contribution in [1.82, 2.24) is 9.97 Å². The van der Waals surface area contributed by atoms with Crippen LogP contribution in [0.2, 0.25) is 0 Å². The molecule has 37 heavy (non-hydrogen) atoms. The highest BCUT2D eigenvalue weighted by molar-refractivity contribution is 6.07. The minimum Gasteiger partial charge on any atom is -0.369 e. The number of ketones is 1. The van der Waals surface area contributed by atoms with E-state index in [0.717, 1.165) is 6.42 Å². The molecule has 0 unspecified atom stereocenters. The molecule has 3 aromatic rings. The molecule has 2 amide bonds. The average molecular weight is 498 g/mol. The number of anilines is 5. The number of carbonyl (C=O) groups excluding carboxylic acids is 3. The number of aromatic nitrogens is 2. The minimum absolute atomic E-state index is 0.0358. The summed E-state index contributed by atoms with van der Waals surface area (Å²) in [6.07, 6.45) is 3.55. The Labute approximate surface area is 214 Å². The van der Waals surface area contributed by atoms with E-state index in [-0.39, 0.29) is 30.1 Å². The number of amides is 2. The van der Waals surface area contributed by atoms with Crippen molar-refractivity contribution in [2.24, 2.45) is 0 Å². The molecular formula is C27H27N7O3. The van der Waals surface area contributed by atoms with Gasteiger partial charge in [0.1, 0.15) is 11.4 Å². The number of rotatable bonds is 12. The monoisotopic (exact) mass is 497 g/mol. The van der Waals surface area contributed by atoms with E-state index >= 15 is 0 Å². The highest BCUT2D eigenvalue weighted by Crippen LogP contribution is 2.21. The van der Waals surface area contributed by atoms with E-state index in [4.69, 9.17) is 5.26 Å². The second-order valence-corrected chi connectivity index (χ2v) is 7.95. The maximum atomic E-state index is 13.1. The van der Waals surface area contributed by atoms with Crippen LogP contribution < -0.4 is 21.3 Å². The van der Waals surface area contributed by atoms with Gasteiger partial charge in [-0.3, -0.25) is 14.4 Å². The van der Waals surface area contributed by atoms with Gasteiger partial charge in [-0.15, -0.1) is 0 Å². The van der Waals surface area contributed by atoms with Crippen LogP contribution in [0.5, 0.6) is 0 Å². The first-order valence-electron chi connectivity index (χ1n) is 11.7. The standard InChI is InChI=1S/C27H27N7O3/c1-3-14-29-25-23(17-30-27(34-25)33-19-10-8-18(16-28)9-11-19)26(37)32-21-7-5-6-20(15-21)31-24(36)13-12-22(35)4-2/h4-11,15,17H,2-3,12-14H2,1H3,(H,31,36)(H,32,37)(H2,29,30,33,34). The highest BCUT2D eigenvalue weighted by Gasteiger charge is 2.16. The molecule has 10 nitrogen and oxygen atoms in total. The van der Waals surface area contributed by atoms with Crippen LogP contribution in [0, 0.1) is 11.3 Å². The van der Waals surface area contributed by atoms with Crippen LogP contribution in [-0.2, 0) is 9.59 Å². The molecule has 0 aliphatic heterocycles. The maximum absolute atomic E-state index is 13.1. The van der Waals surface area contributed by atoms with Crippen LogP contribution in [0.25, 0.3) is 0 Å². The van der Waals surface area contributed by atoms with Crippen LogP contribution >= 0.6 is 0 Å². The van der Waals surface area contributed by atoms with Crippen molar-refractivity contribution in [3.05, 3.63) is 78.5 Å². The van der Waals surface area contributed by atoms with Crippen LogP contribution in [0.1, 0.15) is 42.1 Å². The van der Waals surface area contributed by atoms with Crippen molar-refractivity contribution in [3.8, 4) is 6.07 Å². The van der Waals surface area contributed by atoms with Crippen molar-refractivity contribution in [3.63, 3.8) is 0 Å². The normalized spacial score (nSPS) is 10.1. The summed E-state index contributed by atoms with van der Waals surface area (Å²) in [5.74, 6) is -0.294. The third-order valence-corrected chi connectivity index (χ3v) is 5.08. The molecule has 3 rings (SSSR count). The third kappa shape index (κ3) is 8.00. The first-order valence-corrected chi connectivity index (χ1v) is 11.7. The van der Waals surface area contributed by atoms with Gasteiger partial charge >= 0.3 is 0 Å². The minimum atomic E-state index is -0.427. The molecule has 0 radical (unpaired) electrons. The molecule has 0 saturated heterocycles. The molecule has 188 valence electrons. The first-order chi connectivity index (χ1) is 17.9. The van der Waals surface area contributed by atoms with Gasteiger partial charge in [0.15, 0.2) is 5.78 Å². The fourth-order valence-electron chi connectivity index (χ4n) is 3.18. The highest BCUT2D eigenvalue weighted by atomic mass is 16.2. The Morgan fingerprint density at radius 1 is 1.03 bits per heavy atom. The number of hydrogen-bond acceptors (Lipinski definition) is 8. The van der Waals surface area contributed by atoms with Gasteiger partial charge in [0, 0.05) is 42.6 Å². The van der Waals surface area contributed by atoms with E-state index < -0.39 is 5.91 Å². The Bertz CT molecular complexity index is 1330. The van der Waals surface area contributed by atoms with E-state index in [1.807, 2.05) is 6.92 Å². The van der Waals surface area contributed by atoms with Gasteiger partial charge in [0.05, 0.1) is 11.6 Å². The smallest absolute Gasteiger partial charge is 0.260 e. The number of carbonyl (C=O) groups is 3. The summed E-state index contributed by atoms with van der Waals surface area (Å²) in [4.78, 5) is 45.2. The predicted octanol–water partition coefficient (Wildman–Crippen LogP) is 4.64. The zero-order chi connectivity index (χ0) is 26.6. The van der Waals surface area contributed by atoms with Crippen molar-refractivity contribution in [2.45, 2.75) is 26.2 Å². The zero-order valence-electron chi connectivity index (χ0n) is 20.4. The number of benzene rings is 2. The Morgan fingerprint density at radius 3 is 2.43 bits per heavy atom. The molecule has 0 aliphatic rings. The molecule has 0 saturated carbocycles. The van der Waals surface area contributed by atoms with Crippen molar-refractivity contribution in [2.75, 3.05) is 27.8 Å². The van der Waals surface area contributed by atoms with E-state index in [2.05, 4.69) is 43.9 Å². The molecule has 4 N–H and O–H groups in total. The Morgan fingerprint density at radius 2 is 1.76 bits per heavy atom. The molecule has 0 bridgehead atoms. The lowest BCUT2D eigenvalue weighted by molar-refractivity contribution is -0.120. The van der Waals surface area contributed by atoms with Crippen LogP contribution in [0.15, 0.2) is 67.4 Å². The molecule has 2 aromatic carbocycles. The van der Waals surface area contributed by atoms with E-state index in [1.54, 1.807) is 48.5 Å². The SMILES string of the molecule is C=CC(=O)CCC(=O)Nc1cccc(NC(=O)c2cnc(Nc3ccc(C#N)cc3)nc2NCCC)c1. The molecule has 0 atom stereocenters. The summed E-state index contributed by atoms with van der Waals surface area (Å²) in [5, 5.41) is 20.7. The Kier molecular flexibility index (Phi) is 9.44. The molecule has 10 heteroatoms. The van der Waals surface area contributed by atoms with Crippen molar-refractivity contribution in [1.29, 1.82) is 5.26 Å². The lowest BCUT2D eigenvalue weighted by Crippen LogP contribution is -2.18. The summed E-state index contributed by atoms with van der Waals surface area (Å²) in [6.45, 7) is 5.99. The predicted molar refractivity (Wildman–Crippen MR) is 143 cm³/mol. The molecule has 1 aromatic heterocycles. The van der Waals surface area contributed by atoms with E-state index in [9.17, 15) is 14.4 Å². The third-order valence-electron chi connectivity index (χ3n) is 5.08. The second kappa shape index (κ2) is 13.2. The van der Waals surface area contributed by atoms with Crippen LogP contribution in [0.3, 0.4) is 0 Å². The summed E-state index contributed by atoms with van der Waals surface area (Å²) >= 11 is 0. The van der Waals surface area contributed by atoms with Gasteiger partial charge in [-0.05, 0) is 55.0 Å². The largest absolute Gasteiger partial charge is 0.369 e. The molecule has 1 heterocycles. The van der Waals surface area contributed by atoms with Gasteiger partial charge in [-0.1, -0.05) is 19.6 Å². The van der Waals surface area contributed by atoms with Gasteiger partial charge in [-0.25, -0.2) is 4.98 Å². The second-order valence-electron chi connectivity index (χ2n) is 7.95. The number of nitriles is 1. The number of hydrogen-bond donors (Lipinski definition) is 4. The fourth-order valence-corrected chi connectivity index (χ4v) is 3.18. The van der Waals surface area contributed by atoms with E-state index in [0.29, 0.717) is 40.9 Å². The molecular weight excluding hydrogens is 470 g/mol. The zero-order valence-corrected chi connectivity index (χ0v) is 20.4. The molecule has 0 fully saturated rings. The first kappa shape index (κ1) is 26.6. The lowest BCUT2D eigenvalue weighted by Gasteiger charge is -2.13. The topological polar surface area (TPSA) is 149 Å².